The van der Waals surface area contributed by atoms with E-state index in [1.807, 2.05) is 23.1 Å². The Morgan fingerprint density at radius 3 is 1.21 bits per heavy atom. The number of nitrogens with one attached hydrogen (secondary N) is 3. The van der Waals surface area contributed by atoms with E-state index in [-0.39, 0.29) is 35.3 Å². The first-order valence-electron chi connectivity index (χ1n) is 50.1. The molecule has 1 unspecified atom stereocenters. The molecule has 1 atom stereocenters. The number of morpholine rings is 5. The molecule has 3 aliphatic carbocycles. The lowest BCUT2D eigenvalue weighted by Gasteiger charge is -2.33. The van der Waals surface area contributed by atoms with Crippen LogP contribution in [0.25, 0.3) is 67.2 Å². The van der Waals surface area contributed by atoms with Gasteiger partial charge in [0.1, 0.15) is 29.1 Å². The topological polar surface area (TPSA) is 506 Å². The fraction of sp³-hybridized carbons (Fsp3) is 0.455. The lowest BCUT2D eigenvalue weighted by atomic mass is 9.89. The minimum atomic E-state index is -4.52. The average molecular weight is 1980 g/mol. The van der Waals surface area contributed by atoms with Gasteiger partial charge in [-0.2, -0.15) is 38.1 Å². The van der Waals surface area contributed by atoms with Crippen LogP contribution in [0.2, 0.25) is 0 Å². The maximum Gasteiger partial charge on any atom is 0.418 e. The number of para-hydroxylation sites is 1. The molecule has 13 aromatic rings. The van der Waals surface area contributed by atoms with E-state index in [2.05, 4.69) is 154 Å². The molecular formula is C101H125F3N36O5. The number of hydrogen-bond donors (Lipinski definition) is 8. The Morgan fingerprint density at radius 1 is 0.372 bits per heavy atom. The maximum absolute atomic E-state index is 13.5. The smallest absolute Gasteiger partial charge is 0.378 e. The van der Waals surface area contributed by atoms with Crippen LogP contribution in [0.3, 0.4) is 0 Å². The van der Waals surface area contributed by atoms with Crippen LogP contribution in [0.4, 0.5) is 107 Å². The van der Waals surface area contributed by atoms with E-state index in [0.29, 0.717) is 131 Å². The van der Waals surface area contributed by atoms with E-state index in [1.165, 1.54) is 114 Å². The number of rotatable bonds is 22. The van der Waals surface area contributed by atoms with Gasteiger partial charge in [-0.05, 0) is 81.4 Å². The number of anilines is 16. The third kappa shape index (κ3) is 27.4. The van der Waals surface area contributed by atoms with Gasteiger partial charge in [-0.15, -0.1) is 0 Å². The number of aromatic nitrogens is 21. The monoisotopic (exact) mass is 1980 g/mol. The summed E-state index contributed by atoms with van der Waals surface area (Å²) < 4.78 is 67.8. The highest BCUT2D eigenvalue weighted by Crippen LogP contribution is 2.40. The number of halogens is 3. The summed E-state index contributed by atoms with van der Waals surface area (Å²) in [4.78, 5) is 108. The van der Waals surface area contributed by atoms with Crippen LogP contribution < -0.4 is 78.9 Å². The SMILES string of the molecule is CN(c1cc(-c2cnc(N)nc2)nc(N2CCOCC2)n1)C1CCCCC1.Nc1ncc(-c2cc(N3CCCC3Cc3ccccc3)nc(N3CCOCC3)n2)cn1.Nc1ncc(-c2cc(NC3CCCCC3)nc(N3CCOCC3)n2)cn1.Nc1ncc(-c2cc(NCC3CCCCC3)nc(N3CCOCC3)n2)cn1.Nc1ncc(-c2cc(Nc3ccnc4c(C(F)(F)F)cccc34)nc(N3CCOCC3)n2)cn1. The standard InChI is InChI=1S/C23H27N7O.C22H19F3N8O.2C19H27N7O.C18H25N7O/c24-22-25-15-18(16-26-22)20-14-21(28-23(27-20)29-9-11-31-12-10-29)30-8-4-7-19(30)13-17-5-2-1-3-6-17;23-22(24,25)15-3-1-2-14-16(4-5-27-19(14)15)30-18-10-17(13-11-28-20(26)29-12-13)31-21(32-18)33-6-8-34-9-7-33;1-25(15-5-3-2-4-6-15)17-11-16(14-12-21-18(20)22-13-14)23-19(24-17)26-7-9-27-10-8-26;20-18-22-12-15(13-23-18)16-10-17(21-11-14-4-2-1-3-5-14)25-19(24-16)26-6-8-27-9-7-26;19-17-20-11-13(12-21-17)15-10-16(22-14-4-2-1-3-5-14)24-18(23-15)25-6-8-26-9-7-25/h1-3,5-6,14-16,19H,4,7-13H2,(H2,24,25,26);1-5,10-12H,6-9H2,(H2,26,28,29)(H,27,30,31,32);11-13,15H,2-10H2,1H3,(H2,20,21,22);10,12-14H,1-9,11H2,(H2,20,22,23)(H,21,24,25);10-12,14H,1-9H2,(H2,19,20,21)(H,22,23,24). The van der Waals surface area contributed by atoms with Crippen molar-refractivity contribution in [2.45, 2.75) is 140 Å². The summed E-state index contributed by atoms with van der Waals surface area (Å²) in [7, 11) is 2.14. The minimum absolute atomic E-state index is 0.133. The zero-order valence-corrected chi connectivity index (χ0v) is 81.6. The lowest BCUT2D eigenvalue weighted by Crippen LogP contribution is -2.38. The van der Waals surface area contributed by atoms with Crippen LogP contribution in [-0.2, 0) is 36.3 Å². The van der Waals surface area contributed by atoms with Crippen LogP contribution in [0.15, 0.2) is 153 Å². The van der Waals surface area contributed by atoms with Crippen LogP contribution in [0, 0.1) is 5.92 Å². The van der Waals surface area contributed by atoms with Crippen LogP contribution in [0.1, 0.15) is 120 Å². The Morgan fingerprint density at radius 2 is 0.759 bits per heavy atom. The zero-order valence-electron chi connectivity index (χ0n) is 81.6. The summed E-state index contributed by atoms with van der Waals surface area (Å²) in [6.07, 6.45) is 36.2. The number of nitrogens with zero attached hydrogens (tertiary/aromatic N) is 28. The Balaban J connectivity index is 0.000000119. The predicted molar refractivity (Wildman–Crippen MR) is 554 cm³/mol. The largest absolute Gasteiger partial charge is 0.418 e. The van der Waals surface area contributed by atoms with Crippen molar-refractivity contribution in [3.05, 3.63) is 164 Å². The molecule has 3 saturated carbocycles. The molecule has 2 aromatic carbocycles. The Hall–Kier alpha value is -14.8. The second-order valence-corrected chi connectivity index (χ2v) is 36.9. The molecule has 145 heavy (non-hydrogen) atoms. The summed E-state index contributed by atoms with van der Waals surface area (Å²) in [6.45, 7) is 16.2. The molecule has 760 valence electrons. The molecule has 17 heterocycles. The Kier molecular flexibility index (Phi) is 33.9. The number of ether oxygens (including phenoxy) is 5. The number of nitrogens with two attached hydrogens (primary N) is 5. The molecule has 13 N–H and O–H groups in total. The molecule has 22 rings (SSSR count). The summed E-state index contributed by atoms with van der Waals surface area (Å²) in [5.41, 5.74) is 36.8. The van der Waals surface area contributed by atoms with Crippen LogP contribution >= 0.6 is 0 Å². The maximum atomic E-state index is 13.5. The predicted octanol–water partition coefficient (Wildman–Crippen LogP) is 12.8. The first-order chi connectivity index (χ1) is 70.9. The van der Waals surface area contributed by atoms with Crippen LogP contribution in [-0.4, -0.2) is 274 Å². The highest BCUT2D eigenvalue weighted by Gasteiger charge is 2.35. The number of fused-ring (bicyclic) bond motifs is 1. The van der Waals surface area contributed by atoms with Gasteiger partial charge in [-0.1, -0.05) is 100 Å². The summed E-state index contributed by atoms with van der Waals surface area (Å²) in [5, 5.41) is 10.6. The molecule has 9 fully saturated rings. The molecule has 6 saturated heterocycles. The fourth-order valence-electron chi connectivity index (χ4n) is 19.0. The van der Waals surface area contributed by atoms with Gasteiger partial charge in [-0.25, -0.2) is 74.8 Å². The summed E-state index contributed by atoms with van der Waals surface area (Å²) in [5.74, 6) is 9.29. The van der Waals surface area contributed by atoms with E-state index < -0.39 is 11.7 Å². The summed E-state index contributed by atoms with van der Waals surface area (Å²) in [6, 6.07) is 27.4. The number of pyridine rings is 1. The van der Waals surface area contributed by atoms with Gasteiger partial charge < -0.3 is 103 Å². The third-order valence-corrected chi connectivity index (χ3v) is 26.9. The van der Waals surface area contributed by atoms with E-state index in [1.54, 1.807) is 80.2 Å². The number of alkyl halides is 3. The van der Waals surface area contributed by atoms with Crippen LogP contribution in [0.5, 0.6) is 0 Å². The zero-order chi connectivity index (χ0) is 99.6. The molecule has 0 spiro atoms. The second kappa shape index (κ2) is 49.0. The van der Waals surface area contributed by atoms with E-state index >= 15 is 0 Å². The second-order valence-electron chi connectivity index (χ2n) is 36.9. The van der Waals surface area contributed by atoms with Crippen molar-refractivity contribution in [3.63, 3.8) is 0 Å². The van der Waals surface area contributed by atoms with Crippen molar-refractivity contribution in [1.29, 1.82) is 0 Å². The summed E-state index contributed by atoms with van der Waals surface area (Å²) >= 11 is 0. The fourth-order valence-corrected chi connectivity index (χ4v) is 19.0. The number of nitrogen functional groups attached to an aromatic ring is 5. The first kappa shape index (κ1) is 100. The van der Waals surface area contributed by atoms with Gasteiger partial charge in [0.2, 0.25) is 59.5 Å². The van der Waals surface area contributed by atoms with Gasteiger partial charge in [0.15, 0.2) is 0 Å². The number of hydrogen-bond acceptors (Lipinski definition) is 41. The Bertz CT molecular complexity index is 6300. The molecule has 0 radical (unpaired) electrons. The molecule has 9 aliphatic rings. The van der Waals surface area contributed by atoms with Gasteiger partial charge >= 0.3 is 6.18 Å². The molecule has 6 aliphatic heterocycles. The van der Waals surface area contributed by atoms with E-state index in [4.69, 9.17) is 92.2 Å². The molecule has 11 aromatic heterocycles. The quantitative estimate of drug-likeness (QED) is 0.0312. The van der Waals surface area contributed by atoms with Gasteiger partial charge in [-0.3, -0.25) is 4.98 Å². The lowest BCUT2D eigenvalue weighted by molar-refractivity contribution is -0.136. The van der Waals surface area contributed by atoms with Crippen molar-refractivity contribution >= 4 is 105 Å². The van der Waals surface area contributed by atoms with Crippen molar-refractivity contribution in [3.8, 4) is 56.3 Å². The van der Waals surface area contributed by atoms with Gasteiger partial charge in [0.25, 0.3) is 0 Å². The average Bonchev–Trinajstić information content (AvgIpc) is 1.40. The van der Waals surface area contributed by atoms with Gasteiger partial charge in [0.05, 0.1) is 111 Å². The molecule has 41 nitrogen and oxygen atoms in total. The molecule has 0 amide bonds. The Labute approximate surface area is 839 Å². The van der Waals surface area contributed by atoms with Crippen molar-refractivity contribution < 1.29 is 36.9 Å². The first-order valence-corrected chi connectivity index (χ1v) is 50.1. The third-order valence-electron chi connectivity index (χ3n) is 26.9. The number of benzene rings is 2. The van der Waals surface area contributed by atoms with Crippen molar-refractivity contribution in [1.82, 2.24) is 105 Å². The van der Waals surface area contributed by atoms with Crippen molar-refractivity contribution in [2.75, 3.05) is 231 Å². The van der Waals surface area contributed by atoms with E-state index in [0.717, 1.165) is 189 Å². The molecule has 44 heteroatoms. The highest BCUT2D eigenvalue weighted by molar-refractivity contribution is 5.95. The molecule has 0 bridgehead atoms. The normalized spacial score (nSPS) is 17.7. The van der Waals surface area contributed by atoms with E-state index in [9.17, 15) is 13.2 Å². The van der Waals surface area contributed by atoms with Gasteiger partial charge in [0, 0.05) is 235 Å². The van der Waals surface area contributed by atoms with Crippen molar-refractivity contribution in [2.24, 2.45) is 5.92 Å². The highest BCUT2D eigenvalue weighted by atomic mass is 19.4. The molecular weight excluding hydrogens is 1850 g/mol. The minimum Gasteiger partial charge on any atom is -0.378 e.